The van der Waals surface area contributed by atoms with Gasteiger partial charge in [0.2, 0.25) is 0 Å². The molecule has 0 heterocycles. The molecule has 2 nitrogen and oxygen atoms in total. The Morgan fingerprint density at radius 3 is 1.74 bits per heavy atom. The maximum Gasteiger partial charge on any atom is 0.455 e. The highest BCUT2D eigenvalue weighted by Gasteiger charge is 2.61. The van der Waals surface area contributed by atoms with E-state index in [1.165, 1.54) is 12.1 Å². The van der Waals surface area contributed by atoms with E-state index in [9.17, 15) is 22.0 Å². The summed E-state index contributed by atoms with van der Waals surface area (Å²) >= 11 is 0. The Labute approximate surface area is 135 Å². The fraction of sp³-hybridized carbons (Fsp3) is 0.200. The van der Waals surface area contributed by atoms with E-state index in [1.54, 1.807) is 30.3 Å². The van der Waals surface area contributed by atoms with Gasteiger partial charge in [0, 0.05) is 0 Å². The molecule has 0 aliphatic rings. The molecule has 2 N–H and O–H groups in total. The van der Waals surface area contributed by atoms with Crippen molar-refractivity contribution in [2.45, 2.75) is 18.1 Å². The van der Waals surface area contributed by atoms with Crippen molar-refractivity contribution >= 4 is 12.4 Å². The number of alkyl halides is 5. The number of nitrogens with two attached hydrogens (primary N) is 1. The van der Waals surface area contributed by atoms with E-state index in [1.807, 2.05) is 0 Å². The van der Waals surface area contributed by atoms with Crippen LogP contribution in [0.5, 0.6) is 11.5 Å². The first-order valence-electron chi connectivity index (χ1n) is 6.25. The summed E-state index contributed by atoms with van der Waals surface area (Å²) in [5.74, 6) is -4.19. The van der Waals surface area contributed by atoms with Gasteiger partial charge in [0.1, 0.15) is 17.5 Å². The Morgan fingerprint density at radius 2 is 1.26 bits per heavy atom. The molecule has 23 heavy (non-hydrogen) atoms. The molecule has 2 rings (SSSR count). The van der Waals surface area contributed by atoms with E-state index in [0.29, 0.717) is 11.5 Å². The van der Waals surface area contributed by atoms with Crippen LogP contribution in [0.2, 0.25) is 0 Å². The third-order valence-electron chi connectivity index (χ3n) is 2.99. The summed E-state index contributed by atoms with van der Waals surface area (Å²) in [6.45, 7) is 0. The Balaban J connectivity index is 0.00000264. The molecular weight excluding hydrogens is 341 g/mol. The van der Waals surface area contributed by atoms with Crippen LogP contribution in [0.3, 0.4) is 0 Å². The van der Waals surface area contributed by atoms with Crippen molar-refractivity contribution in [3.63, 3.8) is 0 Å². The van der Waals surface area contributed by atoms with Crippen LogP contribution in [0.4, 0.5) is 22.0 Å². The molecule has 0 unspecified atom stereocenters. The van der Waals surface area contributed by atoms with Gasteiger partial charge in [-0.3, -0.25) is 0 Å². The van der Waals surface area contributed by atoms with E-state index >= 15 is 0 Å². The molecule has 2 aromatic rings. The topological polar surface area (TPSA) is 35.2 Å². The fourth-order valence-electron chi connectivity index (χ4n) is 1.75. The summed E-state index contributed by atoms with van der Waals surface area (Å²) in [6.07, 6.45) is -5.70. The molecule has 0 saturated heterocycles. The fourth-order valence-corrected chi connectivity index (χ4v) is 1.75. The molecule has 0 fully saturated rings. The first kappa shape index (κ1) is 19.2. The number of hydrogen-bond acceptors (Lipinski definition) is 2. The summed E-state index contributed by atoms with van der Waals surface area (Å²) in [6, 6.07) is 10.9. The predicted octanol–water partition coefficient (Wildman–Crippen LogP) is 5.10. The average molecular weight is 354 g/mol. The lowest BCUT2D eigenvalue weighted by atomic mass is 10.0. The summed E-state index contributed by atoms with van der Waals surface area (Å²) in [5, 5.41) is 0. The van der Waals surface area contributed by atoms with Gasteiger partial charge in [-0.15, -0.1) is 12.4 Å². The molecular formula is C15H13ClF5NO. The summed E-state index contributed by atoms with van der Waals surface area (Å²) < 4.78 is 68.6. The zero-order valence-electron chi connectivity index (χ0n) is 11.6. The van der Waals surface area contributed by atoms with Crippen LogP contribution in [0.25, 0.3) is 0 Å². The maximum atomic E-state index is 13.2. The highest BCUT2D eigenvalue weighted by molar-refractivity contribution is 5.85. The Morgan fingerprint density at radius 1 is 0.783 bits per heavy atom. The quantitative estimate of drug-likeness (QED) is 0.776. The molecule has 0 radical (unpaired) electrons. The van der Waals surface area contributed by atoms with Crippen LogP contribution in [0.1, 0.15) is 11.6 Å². The Hall–Kier alpha value is -1.86. The normalized spacial score (nSPS) is 13.1. The molecule has 0 amide bonds. The third-order valence-corrected chi connectivity index (χ3v) is 2.99. The second-order valence-electron chi connectivity index (χ2n) is 4.58. The van der Waals surface area contributed by atoms with Gasteiger partial charge in [-0.05, 0) is 29.8 Å². The van der Waals surface area contributed by atoms with Crippen molar-refractivity contribution in [3.8, 4) is 11.5 Å². The van der Waals surface area contributed by atoms with Crippen molar-refractivity contribution in [2.24, 2.45) is 5.73 Å². The first-order chi connectivity index (χ1) is 10.2. The molecule has 0 bridgehead atoms. The zero-order chi connectivity index (χ0) is 16.4. The van der Waals surface area contributed by atoms with Gasteiger partial charge in [-0.25, -0.2) is 0 Å². The van der Waals surface area contributed by atoms with Gasteiger partial charge in [0.15, 0.2) is 0 Å². The summed E-state index contributed by atoms with van der Waals surface area (Å²) in [4.78, 5) is 0. The monoisotopic (exact) mass is 353 g/mol. The number of hydrogen-bond donors (Lipinski definition) is 1. The SMILES string of the molecule is Cl.N[C@@H](c1ccc(Oc2ccccc2)cc1)C(F)(F)C(F)(F)F. The van der Waals surface area contributed by atoms with Crippen LogP contribution in [-0.2, 0) is 0 Å². The Bertz CT molecular complexity index is 616. The molecule has 126 valence electrons. The largest absolute Gasteiger partial charge is 0.457 e. The first-order valence-corrected chi connectivity index (χ1v) is 6.25. The Kier molecular flexibility index (Phi) is 5.96. The molecule has 0 saturated carbocycles. The van der Waals surface area contributed by atoms with Gasteiger partial charge in [0.25, 0.3) is 0 Å². The number of para-hydroxylation sites is 1. The lowest BCUT2D eigenvalue weighted by Gasteiger charge is -2.26. The second kappa shape index (κ2) is 7.14. The lowest BCUT2D eigenvalue weighted by molar-refractivity contribution is -0.291. The molecule has 0 aromatic heterocycles. The molecule has 0 aliphatic heterocycles. The van der Waals surface area contributed by atoms with Crippen molar-refractivity contribution in [2.75, 3.05) is 0 Å². The molecule has 1 atom stereocenters. The number of rotatable bonds is 4. The van der Waals surface area contributed by atoms with E-state index in [2.05, 4.69) is 0 Å². The van der Waals surface area contributed by atoms with Gasteiger partial charge < -0.3 is 10.5 Å². The van der Waals surface area contributed by atoms with Gasteiger partial charge >= 0.3 is 12.1 Å². The van der Waals surface area contributed by atoms with Crippen LogP contribution in [-0.4, -0.2) is 12.1 Å². The minimum atomic E-state index is -5.70. The van der Waals surface area contributed by atoms with Crippen LogP contribution >= 0.6 is 12.4 Å². The van der Waals surface area contributed by atoms with Crippen LogP contribution in [0, 0.1) is 0 Å². The highest BCUT2D eigenvalue weighted by atomic mass is 35.5. The van der Waals surface area contributed by atoms with E-state index < -0.39 is 18.1 Å². The van der Waals surface area contributed by atoms with E-state index in [0.717, 1.165) is 12.1 Å². The number of halogens is 6. The van der Waals surface area contributed by atoms with Gasteiger partial charge in [-0.1, -0.05) is 30.3 Å². The standard InChI is InChI=1S/C15H12F5NO.ClH/c16-14(17,15(18,19)20)13(21)10-6-8-12(9-7-10)22-11-4-2-1-3-5-11;/h1-9,13H,21H2;1H/t13-;/m0./s1. The van der Waals surface area contributed by atoms with Crippen molar-refractivity contribution < 1.29 is 26.7 Å². The third kappa shape index (κ3) is 4.33. The molecule has 2 aromatic carbocycles. The van der Waals surface area contributed by atoms with Crippen LogP contribution < -0.4 is 10.5 Å². The van der Waals surface area contributed by atoms with Crippen LogP contribution in [0.15, 0.2) is 54.6 Å². The average Bonchev–Trinajstić information content (AvgIpc) is 2.47. The highest BCUT2D eigenvalue weighted by Crippen LogP contribution is 2.43. The number of ether oxygens (including phenoxy) is 1. The minimum absolute atomic E-state index is 0. The van der Waals surface area contributed by atoms with Gasteiger partial charge in [0.05, 0.1) is 0 Å². The molecule has 0 aliphatic carbocycles. The molecule has 0 spiro atoms. The van der Waals surface area contributed by atoms with Gasteiger partial charge in [-0.2, -0.15) is 22.0 Å². The minimum Gasteiger partial charge on any atom is -0.457 e. The van der Waals surface area contributed by atoms with Crippen molar-refractivity contribution in [1.82, 2.24) is 0 Å². The summed E-state index contributed by atoms with van der Waals surface area (Å²) in [5.41, 5.74) is 4.72. The van der Waals surface area contributed by atoms with Crippen molar-refractivity contribution in [1.29, 1.82) is 0 Å². The molecule has 8 heteroatoms. The predicted molar refractivity (Wildman–Crippen MR) is 78.1 cm³/mol. The maximum absolute atomic E-state index is 13.2. The van der Waals surface area contributed by atoms with E-state index in [4.69, 9.17) is 10.5 Å². The van der Waals surface area contributed by atoms with Crippen molar-refractivity contribution in [3.05, 3.63) is 60.2 Å². The lowest BCUT2D eigenvalue weighted by Crippen LogP contribution is -2.45. The zero-order valence-corrected chi connectivity index (χ0v) is 12.4. The number of benzene rings is 2. The summed E-state index contributed by atoms with van der Waals surface area (Å²) in [7, 11) is 0. The second-order valence-corrected chi connectivity index (χ2v) is 4.58. The van der Waals surface area contributed by atoms with E-state index in [-0.39, 0.29) is 18.0 Å². The smallest absolute Gasteiger partial charge is 0.455 e.